The van der Waals surface area contributed by atoms with Crippen LogP contribution in [0.3, 0.4) is 0 Å². The standard InChI is InChI=1S/C21H23N3O5/c25-20(22-11-10-16-6-2-1-3-7-16)15-29-21(26)17-8-9-18(19(14-17)24(27)28)23-12-4-5-13-23/h1-3,6-9,14H,4-5,10-13,15H2,(H,22,25). The predicted molar refractivity (Wildman–Crippen MR) is 108 cm³/mol. The number of nitro groups is 1. The molecule has 1 aliphatic rings. The molecule has 8 nitrogen and oxygen atoms in total. The Labute approximate surface area is 168 Å². The molecule has 0 bridgehead atoms. The van der Waals surface area contributed by atoms with Crippen molar-refractivity contribution in [2.45, 2.75) is 19.3 Å². The lowest BCUT2D eigenvalue weighted by atomic mass is 10.1. The van der Waals surface area contributed by atoms with Crippen LogP contribution in [0.2, 0.25) is 0 Å². The Bertz CT molecular complexity index is 879. The van der Waals surface area contributed by atoms with Crippen LogP contribution in [-0.2, 0) is 16.0 Å². The van der Waals surface area contributed by atoms with Gasteiger partial charge in [-0.3, -0.25) is 14.9 Å². The zero-order valence-corrected chi connectivity index (χ0v) is 16.0. The Hall–Kier alpha value is -3.42. The summed E-state index contributed by atoms with van der Waals surface area (Å²) in [6.45, 7) is 1.51. The number of nitro benzene ring substituents is 1. The van der Waals surface area contributed by atoms with Crippen molar-refractivity contribution in [3.05, 3.63) is 69.8 Å². The third-order valence-electron chi connectivity index (χ3n) is 4.77. The molecule has 0 aromatic heterocycles. The van der Waals surface area contributed by atoms with E-state index >= 15 is 0 Å². The van der Waals surface area contributed by atoms with Crippen molar-refractivity contribution in [3.63, 3.8) is 0 Å². The Kier molecular flexibility index (Phi) is 6.78. The molecule has 0 aliphatic carbocycles. The molecule has 0 saturated carbocycles. The van der Waals surface area contributed by atoms with Crippen LogP contribution in [0.5, 0.6) is 0 Å². The molecule has 2 aromatic rings. The molecule has 8 heteroatoms. The van der Waals surface area contributed by atoms with Gasteiger partial charge >= 0.3 is 5.97 Å². The molecular weight excluding hydrogens is 374 g/mol. The average molecular weight is 397 g/mol. The first kappa shape index (κ1) is 20.3. The van der Waals surface area contributed by atoms with Gasteiger partial charge in [0.1, 0.15) is 5.69 Å². The molecule has 3 rings (SSSR count). The first-order valence-electron chi connectivity index (χ1n) is 9.56. The summed E-state index contributed by atoms with van der Waals surface area (Å²) in [6, 6.07) is 14.0. The highest BCUT2D eigenvalue weighted by Crippen LogP contribution is 2.31. The maximum absolute atomic E-state index is 12.2. The molecule has 0 unspecified atom stereocenters. The second-order valence-electron chi connectivity index (χ2n) is 6.82. The smallest absolute Gasteiger partial charge is 0.338 e. The van der Waals surface area contributed by atoms with Gasteiger partial charge in [-0.05, 0) is 37.0 Å². The Balaban J connectivity index is 1.52. The number of anilines is 1. The van der Waals surface area contributed by atoms with Gasteiger partial charge in [0.25, 0.3) is 11.6 Å². The van der Waals surface area contributed by atoms with E-state index in [1.54, 1.807) is 6.07 Å². The largest absolute Gasteiger partial charge is 0.452 e. The van der Waals surface area contributed by atoms with E-state index in [4.69, 9.17) is 4.74 Å². The lowest BCUT2D eigenvalue weighted by molar-refractivity contribution is -0.384. The minimum atomic E-state index is -0.765. The van der Waals surface area contributed by atoms with Crippen molar-refractivity contribution in [3.8, 4) is 0 Å². The van der Waals surface area contributed by atoms with Crippen molar-refractivity contribution in [2.24, 2.45) is 0 Å². The van der Waals surface area contributed by atoms with Gasteiger partial charge < -0.3 is 15.0 Å². The number of carbonyl (C=O) groups is 2. The molecule has 1 N–H and O–H groups in total. The molecule has 0 spiro atoms. The fourth-order valence-corrected chi connectivity index (χ4v) is 3.28. The van der Waals surface area contributed by atoms with Gasteiger partial charge in [-0.1, -0.05) is 30.3 Å². The van der Waals surface area contributed by atoms with Gasteiger partial charge in [0.2, 0.25) is 0 Å². The number of ether oxygens (including phenoxy) is 1. The van der Waals surface area contributed by atoms with Gasteiger partial charge in [-0.2, -0.15) is 0 Å². The number of benzene rings is 2. The summed E-state index contributed by atoms with van der Waals surface area (Å²) in [4.78, 5) is 36.9. The van der Waals surface area contributed by atoms with Crippen LogP contribution in [0, 0.1) is 10.1 Å². The maximum atomic E-state index is 12.2. The number of hydrogen-bond donors (Lipinski definition) is 1. The van der Waals surface area contributed by atoms with E-state index in [1.165, 1.54) is 12.1 Å². The molecule has 1 saturated heterocycles. The third kappa shape index (κ3) is 5.54. The second kappa shape index (κ2) is 9.68. The predicted octanol–water partition coefficient (Wildman–Crippen LogP) is 2.71. The summed E-state index contributed by atoms with van der Waals surface area (Å²) in [5, 5.41) is 14.1. The Morgan fingerprint density at radius 2 is 1.83 bits per heavy atom. The van der Waals surface area contributed by atoms with Gasteiger partial charge in [-0.25, -0.2) is 4.79 Å². The Morgan fingerprint density at radius 3 is 2.52 bits per heavy atom. The average Bonchev–Trinajstić information content (AvgIpc) is 3.27. The fraction of sp³-hybridized carbons (Fsp3) is 0.333. The quantitative estimate of drug-likeness (QED) is 0.417. The summed E-state index contributed by atoms with van der Waals surface area (Å²) in [7, 11) is 0. The van der Waals surface area contributed by atoms with E-state index in [-0.39, 0.29) is 11.3 Å². The monoisotopic (exact) mass is 397 g/mol. The second-order valence-corrected chi connectivity index (χ2v) is 6.82. The molecule has 1 amide bonds. The molecule has 2 aromatic carbocycles. The molecule has 29 heavy (non-hydrogen) atoms. The summed E-state index contributed by atoms with van der Waals surface area (Å²) >= 11 is 0. The van der Waals surface area contributed by atoms with Crippen LogP contribution in [0.25, 0.3) is 0 Å². The number of esters is 1. The van der Waals surface area contributed by atoms with Gasteiger partial charge in [-0.15, -0.1) is 0 Å². The molecule has 1 fully saturated rings. The molecule has 1 heterocycles. The van der Waals surface area contributed by atoms with Crippen molar-refractivity contribution in [1.82, 2.24) is 5.32 Å². The van der Waals surface area contributed by atoms with Gasteiger partial charge in [0.05, 0.1) is 10.5 Å². The van der Waals surface area contributed by atoms with E-state index in [0.717, 1.165) is 31.5 Å². The first-order valence-corrected chi connectivity index (χ1v) is 9.56. The van der Waals surface area contributed by atoms with E-state index in [9.17, 15) is 19.7 Å². The van der Waals surface area contributed by atoms with Crippen LogP contribution in [0.4, 0.5) is 11.4 Å². The zero-order valence-electron chi connectivity index (χ0n) is 16.0. The minimum absolute atomic E-state index is 0.0525. The van der Waals surface area contributed by atoms with Crippen LogP contribution < -0.4 is 10.2 Å². The summed E-state index contributed by atoms with van der Waals surface area (Å²) in [5.74, 6) is -1.18. The summed E-state index contributed by atoms with van der Waals surface area (Å²) in [5.41, 5.74) is 1.52. The van der Waals surface area contributed by atoms with E-state index in [2.05, 4.69) is 5.32 Å². The molecule has 1 aliphatic heterocycles. The highest BCUT2D eigenvalue weighted by molar-refractivity contribution is 5.93. The lowest BCUT2D eigenvalue weighted by Crippen LogP contribution is -2.30. The Morgan fingerprint density at radius 1 is 1.10 bits per heavy atom. The summed E-state index contributed by atoms with van der Waals surface area (Å²) < 4.78 is 5.01. The third-order valence-corrected chi connectivity index (χ3v) is 4.77. The van der Waals surface area contributed by atoms with Crippen molar-refractivity contribution >= 4 is 23.3 Å². The van der Waals surface area contributed by atoms with Crippen LogP contribution >= 0.6 is 0 Å². The van der Waals surface area contributed by atoms with Crippen LogP contribution in [0.15, 0.2) is 48.5 Å². The molecular formula is C21H23N3O5. The number of nitrogens with one attached hydrogen (secondary N) is 1. The SMILES string of the molecule is O=C(COC(=O)c1ccc(N2CCCC2)c([N+](=O)[O-])c1)NCCc1ccccc1. The number of amides is 1. The van der Waals surface area contributed by atoms with E-state index in [1.807, 2.05) is 35.2 Å². The minimum Gasteiger partial charge on any atom is -0.452 e. The fourth-order valence-electron chi connectivity index (χ4n) is 3.28. The number of rotatable bonds is 8. The molecule has 0 radical (unpaired) electrons. The number of carbonyl (C=O) groups excluding carboxylic acids is 2. The topological polar surface area (TPSA) is 102 Å². The lowest BCUT2D eigenvalue weighted by Gasteiger charge is -2.17. The van der Waals surface area contributed by atoms with E-state index in [0.29, 0.717) is 18.7 Å². The van der Waals surface area contributed by atoms with Crippen molar-refractivity contribution in [1.29, 1.82) is 0 Å². The maximum Gasteiger partial charge on any atom is 0.338 e. The number of nitrogens with zero attached hydrogens (tertiary/aromatic N) is 2. The van der Waals surface area contributed by atoms with Gasteiger partial charge in [0.15, 0.2) is 6.61 Å². The molecule has 152 valence electrons. The van der Waals surface area contributed by atoms with Crippen molar-refractivity contribution < 1.29 is 19.2 Å². The molecule has 0 atom stereocenters. The van der Waals surface area contributed by atoms with Crippen LogP contribution in [0.1, 0.15) is 28.8 Å². The van der Waals surface area contributed by atoms with Crippen LogP contribution in [-0.4, -0.2) is 43.0 Å². The first-order chi connectivity index (χ1) is 14.0. The zero-order chi connectivity index (χ0) is 20.6. The van der Waals surface area contributed by atoms with Crippen molar-refractivity contribution in [2.75, 3.05) is 31.1 Å². The normalized spacial score (nSPS) is 13.2. The summed E-state index contributed by atoms with van der Waals surface area (Å²) in [6.07, 6.45) is 2.64. The highest BCUT2D eigenvalue weighted by atomic mass is 16.6. The highest BCUT2D eigenvalue weighted by Gasteiger charge is 2.24. The van der Waals surface area contributed by atoms with Gasteiger partial charge in [0, 0.05) is 25.7 Å². The number of hydrogen-bond acceptors (Lipinski definition) is 6. The van der Waals surface area contributed by atoms with E-state index < -0.39 is 23.4 Å².